The predicted molar refractivity (Wildman–Crippen MR) is 154 cm³/mol. The second kappa shape index (κ2) is 12.5. The van der Waals surface area contributed by atoms with Crippen LogP contribution < -0.4 is 37.5 Å². The molecule has 0 saturated carbocycles. The van der Waals surface area contributed by atoms with E-state index < -0.39 is 98.8 Å². The minimum Gasteiger partial charge on any atom is -0.371 e. The summed E-state index contributed by atoms with van der Waals surface area (Å²) in [6.07, 6.45) is -3.32. The van der Waals surface area contributed by atoms with Gasteiger partial charge in [0.05, 0.1) is 44.2 Å². The number of nitro groups is 2. The Morgan fingerprint density at radius 3 is 1.55 bits per heavy atom. The molecule has 4 aromatic rings. The summed E-state index contributed by atoms with van der Waals surface area (Å²) >= 11 is 0. The van der Waals surface area contributed by atoms with Crippen LogP contribution in [-0.4, -0.2) is 71.2 Å². The summed E-state index contributed by atoms with van der Waals surface area (Å²) in [6, 6.07) is 2.64. The normalized spacial score (nSPS) is 11.9. The zero-order valence-electron chi connectivity index (χ0n) is 23.0. The SMILES string of the molecule is CS(=O)(=O)Nn1c(=O)[nH]c2cc([N+](=O)[O-])c(F)cc2c1=O.CS(=O)(=O)Nn1c(=O)[nH]c2cc([N+](=O)[O-])c(NCC(F)(F)F)cc2c1=O. The van der Waals surface area contributed by atoms with E-state index in [-0.39, 0.29) is 20.4 Å². The zero-order chi connectivity index (χ0) is 35.8. The van der Waals surface area contributed by atoms with E-state index in [4.69, 9.17) is 0 Å². The fourth-order valence-corrected chi connectivity index (χ4v) is 4.60. The van der Waals surface area contributed by atoms with Gasteiger partial charge in [-0.2, -0.15) is 26.9 Å². The van der Waals surface area contributed by atoms with Crippen molar-refractivity contribution < 1.29 is 44.2 Å². The van der Waals surface area contributed by atoms with E-state index in [1.165, 1.54) is 0 Å². The van der Waals surface area contributed by atoms with Crippen LogP contribution in [-0.2, 0) is 20.0 Å². The van der Waals surface area contributed by atoms with E-state index in [1.54, 1.807) is 15.0 Å². The number of H-pyrrole nitrogens is 2. The number of benzene rings is 2. The minimum absolute atomic E-state index is 0.0804. The molecular weight excluding hydrogens is 698 g/mol. The highest BCUT2D eigenvalue weighted by Crippen LogP contribution is 2.29. The molecule has 0 aliphatic heterocycles. The number of nitrogens with one attached hydrogen (secondary N) is 5. The average molecular weight is 716 g/mol. The molecule has 0 aliphatic rings. The molecule has 0 spiro atoms. The summed E-state index contributed by atoms with van der Waals surface area (Å²) in [5.74, 6) is -1.29. The second-order valence-electron chi connectivity index (χ2n) is 9.12. The van der Waals surface area contributed by atoms with Crippen molar-refractivity contribution in [3.63, 3.8) is 0 Å². The van der Waals surface area contributed by atoms with E-state index in [2.05, 4.69) is 4.98 Å². The Kier molecular flexibility index (Phi) is 9.47. The van der Waals surface area contributed by atoms with Crippen molar-refractivity contribution in [1.29, 1.82) is 0 Å². The Hall–Kier alpha value is -5.86. The lowest BCUT2D eigenvalue weighted by Crippen LogP contribution is -2.43. The zero-order valence-corrected chi connectivity index (χ0v) is 24.7. The van der Waals surface area contributed by atoms with Crippen LogP contribution in [0.15, 0.2) is 43.4 Å². The van der Waals surface area contributed by atoms with Crippen LogP contribution in [0, 0.1) is 26.0 Å². The summed E-state index contributed by atoms with van der Waals surface area (Å²) in [6.45, 7) is -1.61. The van der Waals surface area contributed by atoms with Gasteiger partial charge in [0.15, 0.2) is 0 Å². The Labute approximate surface area is 254 Å². The monoisotopic (exact) mass is 715 g/mol. The average Bonchev–Trinajstić information content (AvgIpc) is 2.91. The third-order valence-corrected chi connectivity index (χ3v) is 6.39. The van der Waals surface area contributed by atoms with Gasteiger partial charge in [-0.25, -0.2) is 36.1 Å². The van der Waals surface area contributed by atoms with Crippen molar-refractivity contribution in [2.24, 2.45) is 0 Å². The summed E-state index contributed by atoms with van der Waals surface area (Å²) in [7, 11) is -7.96. The van der Waals surface area contributed by atoms with Crippen LogP contribution in [0.4, 0.5) is 34.6 Å². The third kappa shape index (κ3) is 8.65. The number of aromatic nitrogens is 4. The largest absolute Gasteiger partial charge is 0.405 e. The van der Waals surface area contributed by atoms with Gasteiger partial charge < -0.3 is 15.3 Å². The Balaban J connectivity index is 0.000000261. The molecule has 0 saturated heterocycles. The van der Waals surface area contributed by atoms with Crippen molar-refractivity contribution in [3.8, 4) is 0 Å². The molecule has 0 atom stereocenters. The van der Waals surface area contributed by atoms with E-state index in [0.29, 0.717) is 30.7 Å². The van der Waals surface area contributed by atoms with Gasteiger partial charge in [0.1, 0.15) is 12.2 Å². The van der Waals surface area contributed by atoms with Crippen molar-refractivity contribution >= 4 is 58.9 Å². The lowest BCUT2D eigenvalue weighted by atomic mass is 10.2. The first kappa shape index (κ1) is 35.6. The molecule has 4 rings (SSSR count). The minimum atomic E-state index is -4.69. The van der Waals surface area contributed by atoms with E-state index >= 15 is 0 Å². The molecule has 2 heterocycles. The molecule has 27 heteroatoms. The van der Waals surface area contributed by atoms with Gasteiger partial charge in [-0.3, -0.25) is 29.8 Å². The summed E-state index contributed by atoms with van der Waals surface area (Å²) < 4.78 is 95.3. The second-order valence-corrected chi connectivity index (χ2v) is 12.6. The number of fused-ring (bicyclic) bond motifs is 2. The number of rotatable bonds is 8. The number of sulfonamides is 2. The van der Waals surface area contributed by atoms with Crippen LogP contribution >= 0.6 is 0 Å². The van der Waals surface area contributed by atoms with Crippen LogP contribution in [0.1, 0.15) is 0 Å². The molecule has 0 fully saturated rings. The number of halogens is 4. The predicted octanol–water partition coefficient (Wildman–Crippen LogP) is -0.684. The Morgan fingerprint density at radius 1 is 0.766 bits per heavy atom. The highest BCUT2D eigenvalue weighted by Gasteiger charge is 2.29. The first-order valence-corrected chi connectivity index (χ1v) is 15.5. The molecule has 5 N–H and O–H groups in total. The van der Waals surface area contributed by atoms with Gasteiger partial charge in [-0.1, -0.05) is 0 Å². The number of nitrogens with zero attached hydrogens (tertiary/aromatic N) is 4. The third-order valence-electron chi connectivity index (χ3n) is 5.37. The van der Waals surface area contributed by atoms with Gasteiger partial charge >= 0.3 is 23.2 Å². The number of anilines is 1. The molecule has 0 aliphatic carbocycles. The Morgan fingerprint density at radius 2 is 1.17 bits per heavy atom. The van der Waals surface area contributed by atoms with Crippen molar-refractivity contribution in [2.75, 3.05) is 34.0 Å². The van der Waals surface area contributed by atoms with Crippen LogP contribution in [0.5, 0.6) is 0 Å². The smallest absolute Gasteiger partial charge is 0.371 e. The van der Waals surface area contributed by atoms with Crippen LogP contribution in [0.3, 0.4) is 0 Å². The topological polar surface area (TPSA) is 300 Å². The maximum absolute atomic E-state index is 13.5. The highest BCUT2D eigenvalue weighted by atomic mass is 32.2. The quantitative estimate of drug-likeness (QED) is 0.0859. The van der Waals surface area contributed by atoms with Crippen molar-refractivity contribution in [3.05, 3.63) is 92.0 Å². The van der Waals surface area contributed by atoms with Crippen molar-refractivity contribution in [2.45, 2.75) is 6.18 Å². The van der Waals surface area contributed by atoms with Crippen molar-refractivity contribution in [1.82, 2.24) is 19.3 Å². The van der Waals surface area contributed by atoms with E-state index in [1.807, 2.05) is 4.98 Å². The molecule has 0 bridgehead atoms. The number of nitro benzene ring substituents is 2. The standard InChI is InChI=1S/C11H10F3N5O6S.C9H7FN4O6S/c1-26(24,25)17-18-9(20)5-2-7(15-4-11(12,13)14)8(19(22)23)3-6(5)16-10(18)21;1-21(19,20)12-13-8(15)4-2-5(10)7(14(17)18)3-6(4)11-9(13)16/h2-3,15,17H,4H2,1H3,(H,16,21);2-3,12H,1H3,(H,11,16). The summed E-state index contributed by atoms with van der Waals surface area (Å²) in [5.41, 5.74) is -7.79. The summed E-state index contributed by atoms with van der Waals surface area (Å²) in [4.78, 5) is 74.6. The molecule has 2 aromatic carbocycles. The molecule has 47 heavy (non-hydrogen) atoms. The van der Waals surface area contributed by atoms with E-state index in [0.717, 1.165) is 6.07 Å². The lowest BCUT2D eigenvalue weighted by Gasteiger charge is -2.11. The van der Waals surface area contributed by atoms with Gasteiger partial charge in [-0.15, -0.1) is 0 Å². The number of aromatic amines is 2. The molecular formula is C20H17F4N9O12S2. The Bertz CT molecular complexity index is 2420. The fourth-order valence-electron chi connectivity index (χ4n) is 3.60. The lowest BCUT2D eigenvalue weighted by molar-refractivity contribution is -0.387. The summed E-state index contributed by atoms with van der Waals surface area (Å²) in [5, 5.41) is 22.5. The van der Waals surface area contributed by atoms with Gasteiger partial charge in [-0.05, 0) is 12.1 Å². The highest BCUT2D eigenvalue weighted by molar-refractivity contribution is 7.91. The maximum Gasteiger partial charge on any atom is 0.405 e. The molecule has 254 valence electrons. The first-order valence-electron chi connectivity index (χ1n) is 11.7. The van der Waals surface area contributed by atoms with Gasteiger partial charge in [0, 0.05) is 12.1 Å². The molecule has 2 aromatic heterocycles. The van der Waals surface area contributed by atoms with Gasteiger partial charge in [0.25, 0.3) is 16.8 Å². The maximum atomic E-state index is 13.5. The molecule has 21 nitrogen and oxygen atoms in total. The van der Waals surface area contributed by atoms with Gasteiger partial charge in [0.2, 0.25) is 25.9 Å². The van der Waals surface area contributed by atoms with Crippen LogP contribution in [0.2, 0.25) is 0 Å². The van der Waals surface area contributed by atoms with E-state index in [9.17, 15) is 73.8 Å². The molecule has 0 unspecified atom stereocenters. The fraction of sp³-hybridized carbons (Fsp3) is 0.200. The molecule has 0 amide bonds. The number of hydrogen-bond donors (Lipinski definition) is 5. The molecule has 0 radical (unpaired) electrons. The van der Waals surface area contributed by atoms with Crippen LogP contribution in [0.25, 0.3) is 21.8 Å². The number of hydrogen-bond acceptors (Lipinski definition) is 13. The number of alkyl halides is 3. The first-order chi connectivity index (χ1) is 21.4.